The summed E-state index contributed by atoms with van der Waals surface area (Å²) in [6.07, 6.45) is 4.34. The molecule has 1 fully saturated rings. The molecule has 4 rings (SSSR count). The Balaban J connectivity index is 1.30. The lowest BCUT2D eigenvalue weighted by Gasteiger charge is -2.30. The largest absolute Gasteiger partial charge is 0.528 e. The molecule has 32 heavy (non-hydrogen) atoms. The molecule has 170 valence electrons. The van der Waals surface area contributed by atoms with Gasteiger partial charge in [0.1, 0.15) is 18.2 Å². The Morgan fingerprint density at radius 1 is 1.16 bits per heavy atom. The van der Waals surface area contributed by atoms with Gasteiger partial charge < -0.3 is 19.6 Å². The lowest BCUT2D eigenvalue weighted by Crippen LogP contribution is -2.40. The number of nitrogens with zero attached hydrogens (tertiary/aromatic N) is 3. The first-order chi connectivity index (χ1) is 15.5. The average molecular weight is 441 g/mol. The third-order valence-corrected chi connectivity index (χ3v) is 5.39. The molecular formula is C23H28N4O5. The molecule has 0 radical (unpaired) electrons. The molecule has 2 aromatic rings. The molecule has 0 spiro atoms. The van der Waals surface area contributed by atoms with Crippen molar-refractivity contribution in [2.75, 3.05) is 18.4 Å². The van der Waals surface area contributed by atoms with E-state index in [0.29, 0.717) is 44.0 Å². The number of hydrogen-bond acceptors (Lipinski definition) is 9. The second-order valence-corrected chi connectivity index (χ2v) is 8.27. The van der Waals surface area contributed by atoms with Crippen LogP contribution in [0.2, 0.25) is 0 Å². The van der Waals surface area contributed by atoms with Crippen molar-refractivity contribution in [3.05, 3.63) is 41.7 Å². The van der Waals surface area contributed by atoms with Gasteiger partial charge in [-0.1, -0.05) is 0 Å². The summed E-state index contributed by atoms with van der Waals surface area (Å²) < 4.78 is 11.0. The fourth-order valence-corrected chi connectivity index (χ4v) is 3.88. The van der Waals surface area contributed by atoms with Crippen LogP contribution >= 0.6 is 0 Å². The van der Waals surface area contributed by atoms with Gasteiger partial charge >= 0.3 is 6.16 Å². The van der Waals surface area contributed by atoms with Crippen molar-refractivity contribution >= 4 is 23.4 Å². The van der Waals surface area contributed by atoms with Crippen molar-refractivity contribution in [2.24, 2.45) is 0 Å². The molecule has 1 aliphatic heterocycles. The van der Waals surface area contributed by atoms with Crippen LogP contribution in [0.15, 0.2) is 30.6 Å². The van der Waals surface area contributed by atoms with E-state index in [1.807, 2.05) is 18.2 Å². The molecule has 1 aromatic carbocycles. The van der Waals surface area contributed by atoms with Crippen LogP contribution in [-0.2, 0) is 16.0 Å². The van der Waals surface area contributed by atoms with Gasteiger partial charge in [0.05, 0.1) is 6.10 Å². The van der Waals surface area contributed by atoms with Crippen molar-refractivity contribution in [1.82, 2.24) is 15.0 Å². The maximum atomic E-state index is 12.0. The Morgan fingerprint density at radius 3 is 2.75 bits per heavy atom. The molecule has 0 atom stereocenters. The van der Waals surface area contributed by atoms with E-state index in [9.17, 15) is 9.59 Å². The van der Waals surface area contributed by atoms with Crippen molar-refractivity contribution in [3.8, 4) is 5.88 Å². The molecule has 0 saturated carbocycles. The molecule has 0 bridgehead atoms. The van der Waals surface area contributed by atoms with E-state index >= 15 is 0 Å². The van der Waals surface area contributed by atoms with Crippen LogP contribution in [0.5, 0.6) is 5.88 Å². The molecule has 9 nitrogen and oxygen atoms in total. The molecular weight excluding hydrogens is 412 g/mol. The first-order valence-electron chi connectivity index (χ1n) is 11.0. The van der Waals surface area contributed by atoms with E-state index in [-0.39, 0.29) is 18.0 Å². The third-order valence-electron chi connectivity index (χ3n) is 5.39. The van der Waals surface area contributed by atoms with Crippen LogP contribution in [-0.4, -0.2) is 52.3 Å². The lowest BCUT2D eigenvalue weighted by atomic mass is 9.90. The standard InChI is InChI=1S/C23H28N4O5/c1-15(2)30-23(29)32-27-10-8-18(9-11-27)31-22-13-21(24-14-25-22)26-17-6-7-19-16(12-17)4-3-5-20(19)28/h6-7,12-15,18H,3-5,8-11H2,1-2H3,(H,24,25,26). The van der Waals surface area contributed by atoms with E-state index in [2.05, 4.69) is 15.3 Å². The number of ether oxygens (including phenoxy) is 2. The van der Waals surface area contributed by atoms with Crippen molar-refractivity contribution < 1.29 is 23.9 Å². The molecule has 2 aliphatic rings. The lowest BCUT2D eigenvalue weighted by molar-refractivity contribution is -0.151. The number of carbonyl (C=O) groups is 2. The first kappa shape index (κ1) is 22.0. The zero-order valence-corrected chi connectivity index (χ0v) is 18.4. The van der Waals surface area contributed by atoms with Gasteiger partial charge in [-0.2, -0.15) is 0 Å². The number of anilines is 2. The highest BCUT2D eigenvalue weighted by Crippen LogP contribution is 2.26. The van der Waals surface area contributed by atoms with Crippen molar-refractivity contribution in [1.29, 1.82) is 0 Å². The number of hydroxylamine groups is 2. The SMILES string of the molecule is CC(C)OC(=O)ON1CCC(Oc2cc(Nc3ccc4c(c3)CCCC4=O)ncn2)CC1. The Hall–Kier alpha value is -3.20. The van der Waals surface area contributed by atoms with Gasteiger partial charge in [-0.3, -0.25) is 4.79 Å². The molecule has 1 N–H and O–H groups in total. The normalized spacial score (nSPS) is 17.0. The summed E-state index contributed by atoms with van der Waals surface area (Å²) in [6, 6.07) is 7.54. The van der Waals surface area contributed by atoms with Crippen LogP contribution in [0.25, 0.3) is 0 Å². The maximum Gasteiger partial charge on any atom is 0.528 e. The van der Waals surface area contributed by atoms with Gasteiger partial charge in [-0.05, 0) is 50.5 Å². The van der Waals surface area contributed by atoms with Crippen LogP contribution in [0.4, 0.5) is 16.3 Å². The van der Waals surface area contributed by atoms with Gasteiger partial charge in [-0.15, -0.1) is 5.06 Å². The molecule has 2 heterocycles. The van der Waals surface area contributed by atoms with Crippen LogP contribution in [0, 0.1) is 0 Å². The number of carbonyl (C=O) groups excluding carboxylic acids is 2. The minimum absolute atomic E-state index is 0.0338. The van der Waals surface area contributed by atoms with Crippen molar-refractivity contribution in [2.45, 2.75) is 58.2 Å². The van der Waals surface area contributed by atoms with Gasteiger partial charge in [0.25, 0.3) is 0 Å². The van der Waals surface area contributed by atoms with E-state index < -0.39 is 6.16 Å². The summed E-state index contributed by atoms with van der Waals surface area (Å²) in [5.74, 6) is 1.31. The fourth-order valence-electron chi connectivity index (χ4n) is 3.88. The summed E-state index contributed by atoms with van der Waals surface area (Å²) in [5, 5.41) is 4.86. The molecule has 0 unspecified atom stereocenters. The van der Waals surface area contributed by atoms with Gasteiger partial charge in [0.2, 0.25) is 5.88 Å². The second kappa shape index (κ2) is 9.95. The Labute approximate surface area is 187 Å². The number of nitrogens with one attached hydrogen (secondary N) is 1. The number of fused-ring (bicyclic) bond motifs is 1. The summed E-state index contributed by atoms with van der Waals surface area (Å²) in [7, 11) is 0. The topological polar surface area (TPSA) is 103 Å². The number of benzene rings is 1. The predicted molar refractivity (Wildman–Crippen MR) is 117 cm³/mol. The highest BCUT2D eigenvalue weighted by molar-refractivity contribution is 5.98. The number of ketones is 1. The third kappa shape index (κ3) is 5.73. The van der Waals surface area contributed by atoms with E-state index in [0.717, 1.165) is 29.7 Å². The van der Waals surface area contributed by atoms with Gasteiger partial charge in [0.15, 0.2) is 5.78 Å². The zero-order chi connectivity index (χ0) is 22.5. The molecule has 9 heteroatoms. The van der Waals surface area contributed by atoms with E-state index in [4.69, 9.17) is 14.3 Å². The van der Waals surface area contributed by atoms with Crippen LogP contribution in [0.1, 0.15) is 55.5 Å². The first-order valence-corrected chi connectivity index (χ1v) is 11.0. The number of rotatable bonds is 6. The minimum Gasteiger partial charge on any atom is -0.474 e. The van der Waals surface area contributed by atoms with E-state index in [1.54, 1.807) is 25.0 Å². The zero-order valence-electron chi connectivity index (χ0n) is 18.4. The monoisotopic (exact) mass is 440 g/mol. The summed E-state index contributed by atoms with van der Waals surface area (Å²) in [6.45, 7) is 4.67. The number of piperidine rings is 1. The number of hydrogen-bond donors (Lipinski definition) is 1. The van der Waals surface area contributed by atoms with Gasteiger partial charge in [0, 0.05) is 49.7 Å². The maximum absolute atomic E-state index is 12.0. The average Bonchev–Trinajstić information content (AvgIpc) is 2.75. The number of aryl methyl sites for hydroxylation is 1. The highest BCUT2D eigenvalue weighted by Gasteiger charge is 2.24. The molecule has 1 saturated heterocycles. The molecule has 0 amide bonds. The summed E-state index contributed by atoms with van der Waals surface area (Å²) >= 11 is 0. The Morgan fingerprint density at radius 2 is 1.97 bits per heavy atom. The van der Waals surface area contributed by atoms with Crippen molar-refractivity contribution in [3.63, 3.8) is 0 Å². The number of Topliss-reactive ketones (excluding diaryl/α,β-unsaturated/α-hetero) is 1. The smallest absolute Gasteiger partial charge is 0.474 e. The molecule has 1 aliphatic carbocycles. The highest BCUT2D eigenvalue weighted by atomic mass is 16.8. The Bertz CT molecular complexity index is 973. The summed E-state index contributed by atoms with van der Waals surface area (Å²) in [4.78, 5) is 37.3. The van der Waals surface area contributed by atoms with E-state index in [1.165, 1.54) is 6.33 Å². The van der Waals surface area contributed by atoms with Crippen LogP contribution in [0.3, 0.4) is 0 Å². The second-order valence-electron chi connectivity index (χ2n) is 8.27. The van der Waals surface area contributed by atoms with Crippen LogP contribution < -0.4 is 10.1 Å². The fraction of sp³-hybridized carbons (Fsp3) is 0.478. The van der Waals surface area contributed by atoms with Gasteiger partial charge in [-0.25, -0.2) is 14.8 Å². The molecule has 1 aromatic heterocycles. The summed E-state index contributed by atoms with van der Waals surface area (Å²) in [5.41, 5.74) is 2.77. The number of aromatic nitrogens is 2. The minimum atomic E-state index is -0.683. The quantitative estimate of drug-likeness (QED) is 0.666. The predicted octanol–water partition coefficient (Wildman–Crippen LogP) is 4.06. The Kier molecular flexibility index (Phi) is 6.84.